The van der Waals surface area contributed by atoms with E-state index in [4.69, 9.17) is 10.8 Å². The molecule has 28 heteroatoms. The lowest BCUT2D eigenvalue weighted by Crippen LogP contribution is -2.62. The summed E-state index contributed by atoms with van der Waals surface area (Å²) in [6.07, 6.45) is -2.47. The van der Waals surface area contributed by atoms with Crippen LogP contribution in [0.15, 0.2) is 0 Å². The summed E-state index contributed by atoms with van der Waals surface area (Å²) in [7, 11) is 0. The number of hydrogen-bond acceptors (Lipinski definition) is 17. The van der Waals surface area contributed by atoms with Crippen molar-refractivity contribution >= 4 is 65.1 Å². The number of rotatable bonds is 30. The first-order valence-corrected chi connectivity index (χ1v) is 19.8. The molecule has 0 spiro atoms. The molecule has 9 amide bonds. The molecule has 0 bridgehead atoms. The van der Waals surface area contributed by atoms with Crippen molar-refractivity contribution in [3.05, 3.63) is 0 Å². The smallest absolute Gasteiger partial charge is 0.322 e. The van der Waals surface area contributed by atoms with Gasteiger partial charge >= 0.3 is 11.9 Å². The minimum atomic E-state index is -1.84. The van der Waals surface area contributed by atoms with E-state index in [9.17, 15) is 83.4 Å². The van der Waals surface area contributed by atoms with Gasteiger partial charge in [-0.3, -0.25) is 52.7 Å². The number of aliphatic carboxylic acids is 2. The molecular formula is C36H62N10O18. The molecule has 0 aromatic heterocycles. The molecular weight excluding hydrogens is 860 g/mol. The Balaban J connectivity index is 5.96. The van der Waals surface area contributed by atoms with E-state index in [-0.39, 0.29) is 12.3 Å². The van der Waals surface area contributed by atoms with Gasteiger partial charge in [-0.2, -0.15) is 0 Å². The van der Waals surface area contributed by atoms with Crippen LogP contribution in [0.3, 0.4) is 0 Å². The summed E-state index contributed by atoms with van der Waals surface area (Å²) in [5.41, 5.74) is 5.54. The Hall–Kier alpha value is -6.07. The second-order valence-corrected chi connectivity index (χ2v) is 15.0. The van der Waals surface area contributed by atoms with Gasteiger partial charge in [0.1, 0.15) is 54.9 Å². The molecule has 64 heavy (non-hydrogen) atoms. The van der Waals surface area contributed by atoms with Crippen LogP contribution in [0.1, 0.15) is 53.9 Å². The molecule has 18 N–H and O–H groups in total. The number of aliphatic hydroxyl groups is 5. The van der Waals surface area contributed by atoms with Crippen LogP contribution in [0.2, 0.25) is 0 Å². The number of carbonyl (C=O) groups is 11. The fourth-order valence-corrected chi connectivity index (χ4v) is 5.19. The molecule has 0 rings (SSSR count). The summed E-state index contributed by atoms with van der Waals surface area (Å²) in [5, 5.41) is 86.0. The number of hydrogen-bond donors (Lipinski definition) is 17. The molecule has 9 atom stereocenters. The number of carboxylic acid groups (broad SMARTS) is 2. The van der Waals surface area contributed by atoms with Crippen LogP contribution in [-0.4, -0.2) is 195 Å². The Labute approximate surface area is 366 Å². The normalized spacial score (nSPS) is 15.3. The first kappa shape index (κ1) is 57.9. The molecule has 0 aromatic rings. The third-order valence-corrected chi connectivity index (χ3v) is 8.81. The van der Waals surface area contributed by atoms with Gasteiger partial charge in [0.15, 0.2) is 0 Å². The molecule has 0 fully saturated rings. The van der Waals surface area contributed by atoms with E-state index < -0.39 is 178 Å². The fourth-order valence-electron chi connectivity index (χ4n) is 5.19. The predicted octanol–water partition coefficient (Wildman–Crippen LogP) is -9.06. The Kier molecular flexibility index (Phi) is 26.5. The van der Waals surface area contributed by atoms with Gasteiger partial charge in [-0.15, -0.1) is 0 Å². The van der Waals surface area contributed by atoms with Gasteiger partial charge < -0.3 is 89.3 Å². The summed E-state index contributed by atoms with van der Waals surface area (Å²) >= 11 is 0. The number of amides is 9. The lowest BCUT2D eigenvalue weighted by Gasteiger charge is -2.28. The van der Waals surface area contributed by atoms with Crippen molar-refractivity contribution < 1.29 is 88.5 Å². The summed E-state index contributed by atoms with van der Waals surface area (Å²) < 4.78 is 0. The highest BCUT2D eigenvalue weighted by molar-refractivity contribution is 5.98. The number of carbonyl (C=O) groups excluding carboxylic acids is 9. The largest absolute Gasteiger partial charge is 0.481 e. The summed E-state index contributed by atoms with van der Waals surface area (Å²) in [6, 6.07) is -13.1. The number of nitrogens with one attached hydrogen (secondary N) is 9. The number of nitrogens with two attached hydrogens (primary N) is 1. The van der Waals surface area contributed by atoms with Gasteiger partial charge in [0.2, 0.25) is 53.2 Å². The second-order valence-electron chi connectivity index (χ2n) is 15.0. The van der Waals surface area contributed by atoms with Gasteiger partial charge in [0.05, 0.1) is 39.1 Å². The molecule has 0 saturated heterocycles. The second kappa shape index (κ2) is 29.3. The van der Waals surface area contributed by atoms with Gasteiger partial charge in [-0.25, -0.2) is 0 Å². The average Bonchev–Trinajstić information content (AvgIpc) is 3.22. The van der Waals surface area contributed by atoms with Crippen LogP contribution < -0.4 is 53.6 Å². The van der Waals surface area contributed by atoms with Crippen molar-refractivity contribution in [3.8, 4) is 0 Å². The van der Waals surface area contributed by atoms with E-state index in [1.807, 2.05) is 16.0 Å². The maximum atomic E-state index is 13.4. The first-order valence-electron chi connectivity index (χ1n) is 19.8. The molecule has 0 unspecified atom stereocenters. The van der Waals surface area contributed by atoms with Gasteiger partial charge in [0.25, 0.3) is 0 Å². The van der Waals surface area contributed by atoms with E-state index in [2.05, 4.69) is 31.9 Å². The quantitative estimate of drug-likeness (QED) is 0.0318. The number of carboxylic acids is 2. The molecule has 0 saturated carbocycles. The van der Waals surface area contributed by atoms with Crippen LogP contribution >= 0.6 is 0 Å². The highest BCUT2D eigenvalue weighted by Crippen LogP contribution is 2.08. The minimum Gasteiger partial charge on any atom is -0.481 e. The SMILES string of the molecule is CC(C)C[C@H](NC(=O)CNC(=O)[C@@H](N)[C@@H](C)O)C(=O)N[C@@H](CCC(=O)O)C(=O)N[C@@H](CO)C(=O)N[C@H](C(=O)N[C@@H](CO)C(=O)N[C@@H](CO)C(=O)N[C@@H](CO)C(=O)NCC(=O)O)C(C)C. The van der Waals surface area contributed by atoms with Crippen LogP contribution in [-0.2, 0) is 52.7 Å². The maximum absolute atomic E-state index is 13.4. The van der Waals surface area contributed by atoms with E-state index in [1.165, 1.54) is 20.8 Å². The summed E-state index contributed by atoms with van der Waals surface area (Å²) in [5.74, 6) is -13.6. The van der Waals surface area contributed by atoms with Crippen molar-refractivity contribution in [1.82, 2.24) is 47.9 Å². The van der Waals surface area contributed by atoms with Crippen LogP contribution in [0.5, 0.6) is 0 Å². The Morgan fingerprint density at radius 3 is 1.27 bits per heavy atom. The van der Waals surface area contributed by atoms with E-state index in [0.717, 1.165) is 0 Å². The summed E-state index contributed by atoms with van der Waals surface area (Å²) in [6.45, 7) is 1.67. The average molecular weight is 923 g/mol. The van der Waals surface area contributed by atoms with Crippen LogP contribution in [0.4, 0.5) is 0 Å². The molecule has 0 aliphatic carbocycles. The van der Waals surface area contributed by atoms with Gasteiger partial charge in [-0.1, -0.05) is 27.7 Å². The molecule has 364 valence electrons. The van der Waals surface area contributed by atoms with Crippen molar-refractivity contribution in [1.29, 1.82) is 0 Å². The topological polar surface area (TPSA) is 464 Å². The molecule has 0 aliphatic rings. The third kappa shape index (κ3) is 21.3. The Morgan fingerprint density at radius 2 is 0.859 bits per heavy atom. The molecule has 0 aliphatic heterocycles. The minimum absolute atomic E-state index is 0.00877. The lowest BCUT2D eigenvalue weighted by molar-refractivity contribution is -0.139. The van der Waals surface area contributed by atoms with Crippen molar-refractivity contribution in [2.45, 2.75) is 108 Å². The lowest BCUT2D eigenvalue weighted by atomic mass is 10.0. The van der Waals surface area contributed by atoms with Gasteiger partial charge in [0, 0.05) is 6.42 Å². The first-order chi connectivity index (χ1) is 29.8. The standard InChI is InChI=1S/C36H62N10O18/c1-15(2)8-19(40-24(52)9-38-35(63)27(37)17(5)51)31(59)41-18(6-7-25(53)54)30(58)43-23(14-50)34(62)46-28(16(3)4)36(64)45-22(13-49)33(61)44-21(12-48)32(60)42-20(11-47)29(57)39-10-26(55)56/h15-23,27-28,47-51H,6-14,37H2,1-5H3,(H,38,63)(H,39,57)(H,40,52)(H,41,59)(H,42,60)(H,43,58)(H,44,61)(H,45,64)(H,46,62)(H,53,54)(H,55,56)/t17-,18+,19+,20+,21+,22+,23+,27+,28+/m1/s1. The molecule has 0 radical (unpaired) electrons. The Morgan fingerprint density at radius 1 is 0.469 bits per heavy atom. The highest BCUT2D eigenvalue weighted by Gasteiger charge is 2.35. The third-order valence-electron chi connectivity index (χ3n) is 8.81. The molecule has 0 aromatic carbocycles. The van der Waals surface area contributed by atoms with E-state index >= 15 is 0 Å². The number of aliphatic hydroxyl groups excluding tert-OH is 5. The zero-order chi connectivity index (χ0) is 49.4. The van der Waals surface area contributed by atoms with Crippen molar-refractivity contribution in [2.75, 3.05) is 39.5 Å². The summed E-state index contributed by atoms with van der Waals surface area (Å²) in [4.78, 5) is 138. The fraction of sp³-hybridized carbons (Fsp3) is 0.694. The van der Waals surface area contributed by atoms with E-state index in [1.54, 1.807) is 13.8 Å². The van der Waals surface area contributed by atoms with Crippen LogP contribution in [0.25, 0.3) is 0 Å². The molecule has 0 heterocycles. The van der Waals surface area contributed by atoms with Gasteiger partial charge in [-0.05, 0) is 31.6 Å². The van der Waals surface area contributed by atoms with E-state index in [0.29, 0.717) is 0 Å². The van der Waals surface area contributed by atoms with Crippen molar-refractivity contribution in [3.63, 3.8) is 0 Å². The van der Waals surface area contributed by atoms with Crippen molar-refractivity contribution in [2.24, 2.45) is 17.6 Å². The zero-order valence-electron chi connectivity index (χ0n) is 35.9. The Bertz CT molecular complexity index is 1650. The maximum Gasteiger partial charge on any atom is 0.322 e. The van der Waals surface area contributed by atoms with Crippen LogP contribution in [0, 0.1) is 11.8 Å². The predicted molar refractivity (Wildman–Crippen MR) is 216 cm³/mol. The monoisotopic (exact) mass is 922 g/mol. The molecule has 28 nitrogen and oxygen atoms in total. The highest BCUT2D eigenvalue weighted by atomic mass is 16.4. The zero-order valence-corrected chi connectivity index (χ0v) is 35.9.